The highest BCUT2D eigenvalue weighted by Crippen LogP contribution is 2.45. The van der Waals surface area contributed by atoms with E-state index in [1.807, 2.05) is 7.11 Å². The fraction of sp³-hybridized carbons (Fsp3) is 1.00. The van der Waals surface area contributed by atoms with E-state index in [9.17, 15) is 0 Å². The van der Waals surface area contributed by atoms with Crippen LogP contribution in [0.5, 0.6) is 0 Å². The predicted octanol–water partition coefficient (Wildman–Crippen LogP) is 2.82. The third kappa shape index (κ3) is 1.91. The Labute approximate surface area is 99.3 Å². The van der Waals surface area contributed by atoms with Crippen LogP contribution in [0.25, 0.3) is 0 Å². The molecule has 92 valence electrons. The Hall–Kier alpha value is -0.0800. The Bertz CT molecular complexity index is 241. The number of rotatable bonds is 2. The molecule has 0 aromatic heterocycles. The first-order valence-electron chi connectivity index (χ1n) is 7.08. The maximum absolute atomic E-state index is 5.39. The minimum Gasteiger partial charge on any atom is -0.381 e. The molecule has 0 N–H and O–H groups in total. The summed E-state index contributed by atoms with van der Waals surface area (Å²) in [5.41, 5.74) is 0.733. The van der Waals surface area contributed by atoms with Gasteiger partial charge in [-0.2, -0.15) is 0 Å². The molecule has 2 aliphatic carbocycles. The van der Waals surface area contributed by atoms with Gasteiger partial charge in [0.25, 0.3) is 0 Å². The minimum atomic E-state index is 0.563. The van der Waals surface area contributed by atoms with Gasteiger partial charge in [-0.15, -0.1) is 0 Å². The molecule has 0 atom stereocenters. The van der Waals surface area contributed by atoms with Crippen LogP contribution in [0.2, 0.25) is 0 Å². The van der Waals surface area contributed by atoms with Crippen LogP contribution in [0, 0.1) is 5.41 Å². The number of hydrogen-bond donors (Lipinski definition) is 0. The Morgan fingerprint density at radius 3 is 2.50 bits per heavy atom. The molecule has 0 aromatic carbocycles. The van der Waals surface area contributed by atoms with E-state index in [-0.39, 0.29) is 0 Å². The molecule has 0 radical (unpaired) electrons. The summed E-state index contributed by atoms with van der Waals surface area (Å²) in [7, 11) is 1.85. The largest absolute Gasteiger partial charge is 0.381 e. The topological polar surface area (TPSA) is 12.5 Å². The van der Waals surface area contributed by atoms with Crippen LogP contribution in [-0.2, 0) is 4.74 Å². The Kier molecular flexibility index (Phi) is 2.97. The second-order valence-electron chi connectivity index (χ2n) is 6.26. The van der Waals surface area contributed by atoms with Crippen LogP contribution in [-0.4, -0.2) is 37.2 Å². The van der Waals surface area contributed by atoms with E-state index in [4.69, 9.17) is 4.74 Å². The summed E-state index contributed by atoms with van der Waals surface area (Å²) in [6, 6.07) is 0.853. The van der Waals surface area contributed by atoms with Gasteiger partial charge in [0.1, 0.15) is 0 Å². The summed E-state index contributed by atoms with van der Waals surface area (Å²) in [5.74, 6) is 0. The maximum atomic E-state index is 5.39. The van der Waals surface area contributed by atoms with E-state index in [0.717, 1.165) is 11.5 Å². The molecular formula is C14H25NO. The third-order valence-electron chi connectivity index (χ3n) is 5.30. The van der Waals surface area contributed by atoms with Gasteiger partial charge < -0.3 is 4.74 Å². The zero-order valence-electron chi connectivity index (χ0n) is 10.6. The Balaban J connectivity index is 1.53. The van der Waals surface area contributed by atoms with E-state index in [1.165, 1.54) is 64.5 Å². The highest BCUT2D eigenvalue weighted by molar-refractivity contribution is 4.97. The molecule has 16 heavy (non-hydrogen) atoms. The zero-order valence-corrected chi connectivity index (χ0v) is 10.6. The summed E-state index contributed by atoms with van der Waals surface area (Å²) < 4.78 is 5.39. The molecule has 1 aliphatic heterocycles. The smallest absolute Gasteiger partial charge is 0.0601 e. The van der Waals surface area contributed by atoms with Crippen molar-refractivity contribution in [3.05, 3.63) is 0 Å². The van der Waals surface area contributed by atoms with Gasteiger partial charge >= 0.3 is 0 Å². The molecule has 2 heteroatoms. The predicted molar refractivity (Wildman–Crippen MR) is 65.5 cm³/mol. The lowest BCUT2D eigenvalue weighted by Crippen LogP contribution is -2.47. The average Bonchev–Trinajstić information content (AvgIpc) is 2.62. The molecule has 3 aliphatic rings. The second-order valence-corrected chi connectivity index (χ2v) is 6.26. The Morgan fingerprint density at radius 1 is 1.06 bits per heavy atom. The molecule has 2 nitrogen and oxygen atoms in total. The molecule has 3 fully saturated rings. The van der Waals surface area contributed by atoms with E-state index < -0.39 is 0 Å². The van der Waals surface area contributed by atoms with Crippen molar-refractivity contribution in [2.24, 2.45) is 5.41 Å². The van der Waals surface area contributed by atoms with E-state index in [0.29, 0.717) is 6.10 Å². The number of ether oxygens (including phenoxy) is 1. The van der Waals surface area contributed by atoms with Crippen molar-refractivity contribution >= 4 is 0 Å². The zero-order chi connectivity index (χ0) is 11.0. The summed E-state index contributed by atoms with van der Waals surface area (Å²) >= 11 is 0. The number of methoxy groups -OCH3 is 1. The third-order valence-corrected chi connectivity index (χ3v) is 5.30. The van der Waals surface area contributed by atoms with E-state index in [1.54, 1.807) is 0 Å². The fourth-order valence-electron chi connectivity index (χ4n) is 4.02. The van der Waals surface area contributed by atoms with E-state index in [2.05, 4.69) is 4.90 Å². The van der Waals surface area contributed by atoms with Gasteiger partial charge in [-0.3, -0.25) is 4.90 Å². The first-order chi connectivity index (χ1) is 7.81. The monoisotopic (exact) mass is 223 g/mol. The van der Waals surface area contributed by atoms with Crippen molar-refractivity contribution in [1.29, 1.82) is 0 Å². The van der Waals surface area contributed by atoms with Crippen LogP contribution in [0.3, 0.4) is 0 Å². The lowest BCUT2D eigenvalue weighted by molar-refractivity contribution is -0.0243. The van der Waals surface area contributed by atoms with Crippen LogP contribution in [0.4, 0.5) is 0 Å². The fourth-order valence-corrected chi connectivity index (χ4v) is 4.02. The molecule has 0 amide bonds. The van der Waals surface area contributed by atoms with Crippen molar-refractivity contribution in [2.75, 3.05) is 20.2 Å². The first kappa shape index (κ1) is 11.0. The average molecular weight is 223 g/mol. The van der Waals surface area contributed by atoms with Crippen LogP contribution in [0.15, 0.2) is 0 Å². The highest BCUT2D eigenvalue weighted by Gasteiger charge is 2.43. The summed E-state index contributed by atoms with van der Waals surface area (Å²) in [4.78, 5) is 2.76. The van der Waals surface area contributed by atoms with Gasteiger partial charge in [-0.1, -0.05) is 19.3 Å². The van der Waals surface area contributed by atoms with Gasteiger partial charge in [0.2, 0.25) is 0 Å². The maximum Gasteiger partial charge on any atom is 0.0601 e. The van der Waals surface area contributed by atoms with Gasteiger partial charge in [0.15, 0.2) is 0 Å². The molecule has 0 bridgehead atoms. The van der Waals surface area contributed by atoms with Crippen molar-refractivity contribution in [3.63, 3.8) is 0 Å². The van der Waals surface area contributed by atoms with Crippen molar-refractivity contribution in [3.8, 4) is 0 Å². The lowest BCUT2D eigenvalue weighted by Gasteiger charge is -2.42. The van der Waals surface area contributed by atoms with Crippen molar-refractivity contribution < 1.29 is 4.74 Å². The lowest BCUT2D eigenvalue weighted by atomic mass is 9.73. The van der Waals surface area contributed by atoms with Crippen LogP contribution < -0.4 is 0 Å². The minimum absolute atomic E-state index is 0.563. The number of hydrogen-bond acceptors (Lipinski definition) is 2. The molecule has 2 saturated carbocycles. The van der Waals surface area contributed by atoms with E-state index >= 15 is 0 Å². The summed E-state index contributed by atoms with van der Waals surface area (Å²) in [6.45, 7) is 2.76. The van der Waals surface area contributed by atoms with Crippen molar-refractivity contribution in [2.45, 2.75) is 63.5 Å². The molecule has 1 saturated heterocycles. The van der Waals surface area contributed by atoms with Crippen LogP contribution >= 0.6 is 0 Å². The first-order valence-corrected chi connectivity index (χ1v) is 7.08. The standard InChI is InChI=1S/C14H25NO/c1-16-13-9-12(10-13)15-8-7-14(11-15)5-3-2-4-6-14/h12-13H,2-11H2,1H3. The molecule has 1 spiro atoms. The molecule has 0 unspecified atom stereocenters. The quantitative estimate of drug-likeness (QED) is 0.714. The van der Waals surface area contributed by atoms with Gasteiger partial charge in [-0.25, -0.2) is 0 Å². The highest BCUT2D eigenvalue weighted by atomic mass is 16.5. The normalized spacial score (nSPS) is 38.8. The SMILES string of the molecule is COC1CC(N2CCC3(CCCCC3)C2)C1. The van der Waals surface area contributed by atoms with Gasteiger partial charge in [0, 0.05) is 19.7 Å². The van der Waals surface area contributed by atoms with Gasteiger partial charge in [-0.05, 0) is 44.1 Å². The summed E-state index contributed by atoms with van der Waals surface area (Å²) in [6.07, 6.45) is 12.1. The number of nitrogens with zero attached hydrogens (tertiary/aromatic N) is 1. The van der Waals surface area contributed by atoms with Crippen molar-refractivity contribution in [1.82, 2.24) is 4.90 Å². The van der Waals surface area contributed by atoms with Crippen LogP contribution in [0.1, 0.15) is 51.4 Å². The second kappa shape index (κ2) is 4.30. The molecule has 1 heterocycles. The molecular weight excluding hydrogens is 198 g/mol. The molecule has 3 rings (SSSR count). The summed E-state index contributed by atoms with van der Waals surface area (Å²) in [5, 5.41) is 0. The van der Waals surface area contributed by atoms with Gasteiger partial charge in [0.05, 0.1) is 6.10 Å². The molecule has 0 aromatic rings. The Morgan fingerprint density at radius 2 is 1.81 bits per heavy atom. The number of likely N-dealkylation sites (tertiary alicyclic amines) is 1.